The van der Waals surface area contributed by atoms with Gasteiger partial charge >= 0.3 is 6.18 Å². The number of halogens is 4. The Morgan fingerprint density at radius 2 is 1.88 bits per heavy atom. The lowest BCUT2D eigenvalue weighted by molar-refractivity contribution is -0.169. The Morgan fingerprint density at radius 1 is 1.24 bits per heavy atom. The van der Waals surface area contributed by atoms with Crippen LogP contribution in [0.5, 0.6) is 0 Å². The molecule has 0 saturated carbocycles. The summed E-state index contributed by atoms with van der Waals surface area (Å²) in [6.45, 7) is 2.80. The van der Waals surface area contributed by atoms with Crippen LogP contribution in [0.25, 0.3) is 15.9 Å². The molecule has 25 heavy (non-hydrogen) atoms. The minimum atomic E-state index is -4.40. The van der Waals surface area contributed by atoms with Gasteiger partial charge in [0, 0.05) is 6.42 Å². The fourth-order valence-electron chi connectivity index (χ4n) is 2.51. The number of fused-ring (bicyclic) bond motifs is 1. The highest BCUT2D eigenvalue weighted by Gasteiger charge is 2.37. The maximum Gasteiger partial charge on any atom is 0.391 e. The fourth-order valence-corrected chi connectivity index (χ4v) is 3.43. The van der Waals surface area contributed by atoms with E-state index >= 15 is 0 Å². The Hall–Kier alpha value is -2.22. The first-order valence-electron chi connectivity index (χ1n) is 7.51. The van der Waals surface area contributed by atoms with Gasteiger partial charge in [-0.05, 0) is 42.1 Å². The van der Waals surface area contributed by atoms with Crippen molar-refractivity contribution in [3.8, 4) is 5.69 Å². The first kappa shape index (κ1) is 17.6. The number of benzene rings is 1. The van der Waals surface area contributed by atoms with E-state index in [-0.39, 0.29) is 11.5 Å². The van der Waals surface area contributed by atoms with Gasteiger partial charge in [-0.15, -0.1) is 11.3 Å². The average Bonchev–Trinajstić information content (AvgIpc) is 2.90. The largest absolute Gasteiger partial charge is 0.391 e. The highest BCUT2D eigenvalue weighted by molar-refractivity contribution is 7.17. The number of hydrogen-bond donors (Lipinski definition) is 0. The molecular weight excluding hydrogens is 356 g/mol. The van der Waals surface area contributed by atoms with Crippen LogP contribution in [0.3, 0.4) is 0 Å². The molecule has 2 heterocycles. The molecule has 0 aliphatic carbocycles. The molecular formula is C17H14F4N2OS. The van der Waals surface area contributed by atoms with Gasteiger partial charge in [-0.1, -0.05) is 6.92 Å². The number of thiophene rings is 1. The third-order valence-electron chi connectivity index (χ3n) is 3.97. The number of alkyl halides is 3. The number of rotatable bonds is 3. The lowest BCUT2D eigenvalue weighted by Crippen LogP contribution is -2.28. The first-order chi connectivity index (χ1) is 11.7. The molecule has 1 aromatic carbocycles. The van der Waals surface area contributed by atoms with Crippen molar-refractivity contribution < 1.29 is 17.6 Å². The summed E-state index contributed by atoms with van der Waals surface area (Å²) >= 11 is 1.19. The Balaban J connectivity index is 2.25. The number of aryl methyl sites for hydroxylation is 1. The van der Waals surface area contributed by atoms with Crippen molar-refractivity contribution in [3.05, 3.63) is 57.2 Å². The number of nitrogens with zero attached hydrogens (tertiary/aromatic N) is 2. The standard InChI is InChI=1S/C17H14F4N2OS/c1-9-8-25-15-14(9)22-13(7-10(2)17(19,20)21)23(16(15)24)12-5-3-11(18)4-6-12/h3-6,8,10H,7H2,1-2H3. The van der Waals surface area contributed by atoms with Crippen LogP contribution < -0.4 is 5.56 Å². The van der Waals surface area contributed by atoms with E-state index in [1.807, 2.05) is 0 Å². The zero-order valence-corrected chi connectivity index (χ0v) is 14.2. The third-order valence-corrected chi connectivity index (χ3v) is 5.05. The molecule has 0 radical (unpaired) electrons. The maximum absolute atomic E-state index is 13.2. The van der Waals surface area contributed by atoms with Crippen molar-refractivity contribution in [1.82, 2.24) is 9.55 Å². The Kier molecular flexibility index (Phi) is 4.40. The van der Waals surface area contributed by atoms with E-state index in [0.29, 0.717) is 10.2 Å². The summed E-state index contributed by atoms with van der Waals surface area (Å²) in [5.41, 5.74) is 0.998. The van der Waals surface area contributed by atoms with E-state index < -0.39 is 29.9 Å². The molecule has 0 bridgehead atoms. The monoisotopic (exact) mass is 370 g/mol. The van der Waals surface area contributed by atoms with E-state index in [1.165, 1.54) is 23.5 Å². The Morgan fingerprint density at radius 3 is 2.48 bits per heavy atom. The van der Waals surface area contributed by atoms with Gasteiger partial charge in [0.15, 0.2) is 0 Å². The summed E-state index contributed by atoms with van der Waals surface area (Å²) in [5, 5.41) is 1.74. The SMILES string of the molecule is Cc1csc2c(=O)n(-c3ccc(F)cc3)c(CC(C)C(F)(F)F)nc12. The van der Waals surface area contributed by atoms with Crippen LogP contribution in [0.4, 0.5) is 17.6 Å². The van der Waals surface area contributed by atoms with E-state index in [2.05, 4.69) is 4.98 Å². The smallest absolute Gasteiger partial charge is 0.267 e. The van der Waals surface area contributed by atoms with Crippen LogP contribution in [-0.4, -0.2) is 15.7 Å². The summed E-state index contributed by atoms with van der Waals surface area (Å²) in [6.07, 6.45) is -4.84. The molecule has 0 fully saturated rings. The molecule has 0 spiro atoms. The van der Waals surface area contributed by atoms with Crippen LogP contribution in [-0.2, 0) is 6.42 Å². The minimum absolute atomic E-state index is 0.00966. The molecule has 0 N–H and O–H groups in total. The van der Waals surface area contributed by atoms with E-state index in [4.69, 9.17) is 0 Å². The van der Waals surface area contributed by atoms with Gasteiger partial charge in [0.2, 0.25) is 0 Å². The quantitative estimate of drug-likeness (QED) is 0.630. The maximum atomic E-state index is 13.2. The molecule has 0 saturated heterocycles. The summed E-state index contributed by atoms with van der Waals surface area (Å²) < 4.78 is 53.7. The minimum Gasteiger partial charge on any atom is -0.267 e. The zero-order valence-electron chi connectivity index (χ0n) is 13.4. The molecule has 132 valence electrons. The molecule has 3 rings (SSSR count). The van der Waals surface area contributed by atoms with Gasteiger partial charge in [0.05, 0.1) is 17.1 Å². The van der Waals surface area contributed by atoms with Crippen molar-refractivity contribution >= 4 is 21.6 Å². The summed E-state index contributed by atoms with van der Waals surface area (Å²) in [7, 11) is 0. The topological polar surface area (TPSA) is 34.9 Å². The molecule has 0 amide bonds. The van der Waals surface area contributed by atoms with E-state index in [1.54, 1.807) is 12.3 Å². The van der Waals surface area contributed by atoms with Gasteiger partial charge in [0.1, 0.15) is 16.3 Å². The molecule has 2 aromatic heterocycles. The second kappa shape index (κ2) is 6.25. The molecule has 3 aromatic rings. The van der Waals surface area contributed by atoms with Crippen LogP contribution in [0, 0.1) is 18.7 Å². The third kappa shape index (κ3) is 3.30. The molecule has 1 unspecified atom stereocenters. The summed E-state index contributed by atoms with van der Waals surface area (Å²) in [5.74, 6) is -2.15. The van der Waals surface area contributed by atoms with E-state index in [0.717, 1.165) is 29.2 Å². The van der Waals surface area contributed by atoms with Gasteiger partial charge in [-0.3, -0.25) is 9.36 Å². The predicted molar refractivity (Wildman–Crippen MR) is 88.8 cm³/mol. The molecule has 0 aliphatic rings. The van der Waals surface area contributed by atoms with Crippen LogP contribution >= 0.6 is 11.3 Å². The van der Waals surface area contributed by atoms with Gasteiger partial charge < -0.3 is 0 Å². The molecule has 0 aliphatic heterocycles. The molecule has 8 heteroatoms. The van der Waals surface area contributed by atoms with Crippen LogP contribution in [0.2, 0.25) is 0 Å². The predicted octanol–water partition coefficient (Wildman–Crippen LogP) is 4.64. The zero-order chi connectivity index (χ0) is 18.4. The molecule has 1 atom stereocenters. The van der Waals surface area contributed by atoms with Crippen molar-refractivity contribution in [2.45, 2.75) is 26.4 Å². The van der Waals surface area contributed by atoms with Crippen molar-refractivity contribution in [1.29, 1.82) is 0 Å². The number of aromatic nitrogens is 2. The van der Waals surface area contributed by atoms with Crippen LogP contribution in [0.1, 0.15) is 18.3 Å². The van der Waals surface area contributed by atoms with Gasteiger partial charge in [-0.25, -0.2) is 9.37 Å². The lowest BCUT2D eigenvalue weighted by atomic mass is 10.1. The normalized spacial score (nSPS) is 13.4. The highest BCUT2D eigenvalue weighted by Crippen LogP contribution is 2.30. The second-order valence-corrected chi connectivity index (χ2v) is 6.77. The average molecular weight is 370 g/mol. The highest BCUT2D eigenvalue weighted by atomic mass is 32.1. The summed E-state index contributed by atoms with van der Waals surface area (Å²) in [6, 6.07) is 5.02. The van der Waals surface area contributed by atoms with Crippen molar-refractivity contribution in [3.63, 3.8) is 0 Å². The molecule has 3 nitrogen and oxygen atoms in total. The summed E-state index contributed by atoms with van der Waals surface area (Å²) in [4.78, 5) is 17.2. The first-order valence-corrected chi connectivity index (χ1v) is 8.39. The Labute approximate surface area is 144 Å². The van der Waals surface area contributed by atoms with Crippen LogP contribution in [0.15, 0.2) is 34.4 Å². The van der Waals surface area contributed by atoms with E-state index in [9.17, 15) is 22.4 Å². The fraction of sp³-hybridized carbons (Fsp3) is 0.294. The van der Waals surface area contributed by atoms with Gasteiger partial charge in [0.25, 0.3) is 5.56 Å². The lowest BCUT2D eigenvalue weighted by Gasteiger charge is -2.18. The second-order valence-electron chi connectivity index (χ2n) is 5.89. The van der Waals surface area contributed by atoms with Gasteiger partial charge in [-0.2, -0.15) is 13.2 Å². The Bertz CT molecular complexity index is 973. The van der Waals surface area contributed by atoms with Crippen molar-refractivity contribution in [2.75, 3.05) is 0 Å². The number of hydrogen-bond acceptors (Lipinski definition) is 3. The van der Waals surface area contributed by atoms with Crippen molar-refractivity contribution in [2.24, 2.45) is 5.92 Å².